The third-order valence-electron chi connectivity index (χ3n) is 14.5. The van der Waals surface area contributed by atoms with Crippen molar-refractivity contribution in [2.75, 3.05) is 13.2 Å². The molecule has 0 N–H and O–H groups in total. The Morgan fingerprint density at radius 2 is 0.481 bits per heavy atom. The molecule has 0 radical (unpaired) electrons. The number of carbonyl (C=O) groups excluding carboxylic acids is 3. The van der Waals surface area contributed by atoms with Gasteiger partial charge in [-0.15, -0.1) is 0 Å². The highest BCUT2D eigenvalue weighted by molar-refractivity contribution is 5.71. The summed E-state index contributed by atoms with van der Waals surface area (Å²) >= 11 is 0. The number of hydrogen-bond donors (Lipinski definition) is 0. The predicted molar refractivity (Wildman–Crippen MR) is 353 cm³/mol. The van der Waals surface area contributed by atoms with Gasteiger partial charge in [-0.3, -0.25) is 14.4 Å². The minimum Gasteiger partial charge on any atom is -0.462 e. The van der Waals surface area contributed by atoms with E-state index in [1.54, 1.807) is 0 Å². The zero-order chi connectivity index (χ0) is 58.5. The van der Waals surface area contributed by atoms with Crippen LogP contribution in [0.2, 0.25) is 0 Å². The van der Waals surface area contributed by atoms with Gasteiger partial charge in [0.15, 0.2) is 6.10 Å². The second-order valence-electron chi connectivity index (χ2n) is 22.4. The fourth-order valence-electron chi connectivity index (χ4n) is 9.37. The fraction of sp³-hybridized carbons (Fsp3) is 0.693. The number of ether oxygens (including phenoxy) is 3. The van der Waals surface area contributed by atoms with Crippen LogP contribution in [0.15, 0.2) is 122 Å². The quantitative estimate of drug-likeness (QED) is 0.0261. The fourth-order valence-corrected chi connectivity index (χ4v) is 9.37. The zero-order valence-electron chi connectivity index (χ0n) is 53.0. The molecule has 0 aliphatic heterocycles. The minimum absolute atomic E-state index is 0.0849. The summed E-state index contributed by atoms with van der Waals surface area (Å²) < 4.78 is 16.9. The second kappa shape index (κ2) is 68.3. The molecule has 462 valence electrons. The lowest BCUT2D eigenvalue weighted by atomic mass is 10.0. The van der Waals surface area contributed by atoms with Gasteiger partial charge in [0.25, 0.3) is 0 Å². The van der Waals surface area contributed by atoms with Crippen LogP contribution in [0.25, 0.3) is 0 Å². The highest BCUT2D eigenvalue weighted by Crippen LogP contribution is 2.16. The van der Waals surface area contributed by atoms with Crippen LogP contribution >= 0.6 is 0 Å². The third kappa shape index (κ3) is 66.5. The van der Waals surface area contributed by atoms with Crippen LogP contribution in [0.5, 0.6) is 0 Å². The van der Waals surface area contributed by atoms with Gasteiger partial charge in [-0.2, -0.15) is 0 Å². The molecule has 1 atom stereocenters. The Bertz CT molecular complexity index is 1670. The normalized spacial score (nSPS) is 12.9. The molecule has 0 fully saturated rings. The Hall–Kier alpha value is -4.19. The number of unbranched alkanes of at least 4 members (excludes halogenated alkanes) is 30. The molecular formula is C75H126O6. The van der Waals surface area contributed by atoms with Crippen LogP contribution in [-0.4, -0.2) is 37.2 Å². The van der Waals surface area contributed by atoms with Gasteiger partial charge in [0.05, 0.1) is 0 Å². The Morgan fingerprint density at radius 1 is 0.259 bits per heavy atom. The van der Waals surface area contributed by atoms with E-state index in [1.807, 2.05) is 0 Å². The average Bonchev–Trinajstić information content (AvgIpc) is 3.47. The predicted octanol–water partition coefficient (Wildman–Crippen LogP) is 23.6. The average molecular weight is 1120 g/mol. The van der Waals surface area contributed by atoms with Crippen LogP contribution < -0.4 is 0 Å². The Labute approximate surface area is 501 Å². The molecule has 0 aromatic carbocycles. The summed E-state index contributed by atoms with van der Waals surface area (Å²) in [5.74, 6) is -0.902. The maximum absolute atomic E-state index is 12.9. The summed E-state index contributed by atoms with van der Waals surface area (Å²) in [5, 5.41) is 0. The molecule has 0 amide bonds. The van der Waals surface area contributed by atoms with Crippen molar-refractivity contribution in [2.24, 2.45) is 0 Å². The third-order valence-corrected chi connectivity index (χ3v) is 14.5. The first kappa shape index (κ1) is 76.8. The van der Waals surface area contributed by atoms with Gasteiger partial charge in [0.1, 0.15) is 13.2 Å². The Balaban J connectivity index is 4.26. The van der Waals surface area contributed by atoms with E-state index in [1.165, 1.54) is 141 Å². The number of allylic oxidation sites excluding steroid dienone is 20. The summed E-state index contributed by atoms with van der Waals surface area (Å²) in [6.45, 7) is 6.50. The summed E-state index contributed by atoms with van der Waals surface area (Å²) in [6.07, 6.45) is 95.1. The molecule has 0 aliphatic rings. The highest BCUT2D eigenvalue weighted by atomic mass is 16.6. The first-order valence-electron chi connectivity index (χ1n) is 34.0. The van der Waals surface area contributed by atoms with E-state index in [0.29, 0.717) is 19.3 Å². The van der Waals surface area contributed by atoms with E-state index in [2.05, 4.69) is 142 Å². The van der Waals surface area contributed by atoms with E-state index in [4.69, 9.17) is 14.2 Å². The van der Waals surface area contributed by atoms with Crippen molar-refractivity contribution in [1.82, 2.24) is 0 Å². The van der Waals surface area contributed by atoms with Crippen molar-refractivity contribution in [3.8, 4) is 0 Å². The number of rotatable bonds is 61. The lowest BCUT2D eigenvalue weighted by Crippen LogP contribution is -2.30. The molecule has 0 spiro atoms. The van der Waals surface area contributed by atoms with Gasteiger partial charge < -0.3 is 14.2 Å². The van der Waals surface area contributed by atoms with Crippen LogP contribution in [0.4, 0.5) is 0 Å². The SMILES string of the molecule is CC/C=C\C/C=C\C/C=C\C/C=C\C/C=C\C/C=C\C/C=C\CCCCCCCC(=O)OCC(COC(=O)CCCCCCCCCCC)OC(=O)CCCCCCCCCCCCCC/C=C\C/C=C\C/C=C\CCCCCCC. The molecule has 6 heteroatoms. The number of hydrogen-bond acceptors (Lipinski definition) is 6. The van der Waals surface area contributed by atoms with Crippen LogP contribution in [0, 0.1) is 0 Å². The highest BCUT2D eigenvalue weighted by Gasteiger charge is 2.19. The van der Waals surface area contributed by atoms with Crippen molar-refractivity contribution in [3.63, 3.8) is 0 Å². The molecule has 0 saturated carbocycles. The molecule has 0 aromatic rings. The van der Waals surface area contributed by atoms with Crippen molar-refractivity contribution in [2.45, 2.75) is 322 Å². The topological polar surface area (TPSA) is 78.9 Å². The molecule has 0 heterocycles. The van der Waals surface area contributed by atoms with Crippen LogP contribution in [0.3, 0.4) is 0 Å². The van der Waals surface area contributed by atoms with Gasteiger partial charge in [0.2, 0.25) is 0 Å². The van der Waals surface area contributed by atoms with E-state index < -0.39 is 6.10 Å². The van der Waals surface area contributed by atoms with Gasteiger partial charge in [0, 0.05) is 19.3 Å². The summed E-state index contributed by atoms with van der Waals surface area (Å²) in [7, 11) is 0. The molecule has 0 rings (SSSR count). The number of esters is 3. The number of carbonyl (C=O) groups is 3. The van der Waals surface area contributed by atoms with Gasteiger partial charge in [-0.25, -0.2) is 0 Å². The molecule has 0 aliphatic carbocycles. The lowest BCUT2D eigenvalue weighted by molar-refractivity contribution is -0.167. The van der Waals surface area contributed by atoms with E-state index >= 15 is 0 Å². The van der Waals surface area contributed by atoms with Crippen LogP contribution in [-0.2, 0) is 28.6 Å². The summed E-state index contributed by atoms with van der Waals surface area (Å²) in [5.41, 5.74) is 0. The second-order valence-corrected chi connectivity index (χ2v) is 22.4. The van der Waals surface area contributed by atoms with Crippen molar-refractivity contribution >= 4 is 17.9 Å². The molecule has 1 unspecified atom stereocenters. The van der Waals surface area contributed by atoms with Crippen molar-refractivity contribution in [3.05, 3.63) is 122 Å². The zero-order valence-corrected chi connectivity index (χ0v) is 53.0. The Kier molecular flexibility index (Phi) is 64.8. The molecule has 0 saturated heterocycles. The van der Waals surface area contributed by atoms with Gasteiger partial charge >= 0.3 is 17.9 Å². The monoisotopic (exact) mass is 1120 g/mol. The summed E-state index contributed by atoms with van der Waals surface area (Å²) in [4.78, 5) is 38.3. The van der Waals surface area contributed by atoms with Crippen molar-refractivity contribution < 1.29 is 28.6 Å². The van der Waals surface area contributed by atoms with Gasteiger partial charge in [-0.1, -0.05) is 303 Å². The maximum atomic E-state index is 12.9. The van der Waals surface area contributed by atoms with E-state index in [0.717, 1.165) is 135 Å². The van der Waals surface area contributed by atoms with E-state index in [9.17, 15) is 14.4 Å². The lowest BCUT2D eigenvalue weighted by Gasteiger charge is -2.18. The van der Waals surface area contributed by atoms with Crippen molar-refractivity contribution in [1.29, 1.82) is 0 Å². The standard InChI is InChI=1S/C75H126O6/c1-4-7-10-13-16-19-21-23-25-27-29-31-33-35-37-39-41-43-45-47-49-51-53-56-59-62-65-68-74(77)80-71-72(70-79-73(76)67-64-61-58-55-18-15-12-9-6-3)81-75(78)69-66-63-60-57-54-52-50-48-46-44-42-40-38-36-34-32-30-28-26-24-22-20-17-14-11-8-5-2/h7,10,16,19,22-25,28-31,34-37,41,43,47,49,72H,4-6,8-9,11-15,17-18,20-21,26-27,32-33,38-40,42,44-46,48,50-71H2,1-3H3/b10-7-,19-16-,24-22-,25-23-,30-28-,31-29-,36-34-,37-35-,43-41-,49-47-. The maximum Gasteiger partial charge on any atom is 0.306 e. The first-order chi connectivity index (χ1) is 40.0. The smallest absolute Gasteiger partial charge is 0.306 e. The molecular weight excluding hydrogens is 997 g/mol. The minimum atomic E-state index is -0.789. The largest absolute Gasteiger partial charge is 0.462 e. The van der Waals surface area contributed by atoms with Gasteiger partial charge in [-0.05, 0) is 116 Å². The molecule has 0 bridgehead atoms. The molecule has 0 aromatic heterocycles. The van der Waals surface area contributed by atoms with E-state index in [-0.39, 0.29) is 31.1 Å². The Morgan fingerprint density at radius 3 is 0.753 bits per heavy atom. The molecule has 6 nitrogen and oxygen atoms in total. The summed E-state index contributed by atoms with van der Waals surface area (Å²) in [6, 6.07) is 0. The first-order valence-corrected chi connectivity index (χ1v) is 34.0. The van der Waals surface area contributed by atoms with Crippen LogP contribution in [0.1, 0.15) is 316 Å². The molecule has 81 heavy (non-hydrogen) atoms.